The van der Waals surface area contributed by atoms with Crippen LogP contribution in [0.25, 0.3) is 11.1 Å². The van der Waals surface area contributed by atoms with Crippen LogP contribution in [-0.2, 0) is 28.8 Å². The van der Waals surface area contributed by atoms with Gasteiger partial charge >= 0.3 is 5.97 Å². The van der Waals surface area contributed by atoms with Crippen LogP contribution in [0.3, 0.4) is 0 Å². The van der Waals surface area contributed by atoms with Crippen molar-refractivity contribution in [2.24, 2.45) is 0 Å². The largest absolute Gasteiger partial charge is 0.507 e. The Morgan fingerprint density at radius 1 is 1.00 bits per heavy atom. The van der Waals surface area contributed by atoms with Gasteiger partial charge in [0.2, 0.25) is 0 Å². The van der Waals surface area contributed by atoms with Crippen LogP contribution in [0.5, 0.6) is 23.0 Å². The molecular weight excluding hydrogens is 480 g/mol. The number of esters is 1. The van der Waals surface area contributed by atoms with Gasteiger partial charge in [0.05, 0.1) is 19.8 Å². The van der Waals surface area contributed by atoms with Crippen LogP contribution in [0.15, 0.2) is 54.6 Å². The maximum atomic E-state index is 12.3. The number of aromatic hydroxyl groups is 1. The number of rotatable bonds is 12. The lowest BCUT2D eigenvalue weighted by Gasteiger charge is -2.27. The third-order valence-corrected chi connectivity index (χ3v) is 6.73. The van der Waals surface area contributed by atoms with E-state index in [1.54, 1.807) is 13.0 Å². The Hall–Kier alpha value is -3.67. The monoisotopic (exact) mass is 518 g/mol. The van der Waals surface area contributed by atoms with Crippen molar-refractivity contribution in [1.29, 1.82) is 0 Å². The van der Waals surface area contributed by atoms with Crippen molar-refractivity contribution in [1.82, 2.24) is 0 Å². The van der Waals surface area contributed by atoms with E-state index in [-0.39, 0.29) is 11.7 Å². The fourth-order valence-electron chi connectivity index (χ4n) is 4.81. The molecule has 4 rings (SSSR count). The average Bonchev–Trinajstić information content (AvgIpc) is 2.94. The van der Waals surface area contributed by atoms with Crippen LogP contribution in [0.4, 0.5) is 0 Å². The van der Waals surface area contributed by atoms with E-state index in [0.29, 0.717) is 38.4 Å². The highest BCUT2D eigenvalue weighted by Crippen LogP contribution is 2.39. The summed E-state index contributed by atoms with van der Waals surface area (Å²) in [5.41, 5.74) is 4.95. The number of fused-ring (bicyclic) bond motifs is 1. The average molecular weight is 519 g/mol. The number of aryl methyl sites for hydroxylation is 2. The van der Waals surface area contributed by atoms with Gasteiger partial charge in [-0.25, -0.2) is 4.79 Å². The zero-order valence-corrected chi connectivity index (χ0v) is 22.6. The van der Waals surface area contributed by atoms with Gasteiger partial charge in [-0.1, -0.05) is 56.7 Å². The smallest absolute Gasteiger partial charge is 0.347 e. The molecule has 38 heavy (non-hydrogen) atoms. The lowest BCUT2D eigenvalue weighted by Crippen LogP contribution is -2.33. The number of carbonyl (C=O) groups excluding carboxylic acids is 1. The fraction of sp³-hybridized carbons (Fsp3) is 0.406. The number of benzene rings is 3. The van der Waals surface area contributed by atoms with E-state index in [2.05, 4.69) is 13.8 Å². The second-order valence-electron chi connectivity index (χ2n) is 9.42. The summed E-state index contributed by atoms with van der Waals surface area (Å²) in [6.07, 6.45) is 4.05. The van der Waals surface area contributed by atoms with Crippen LogP contribution in [0, 0.1) is 0 Å². The first-order chi connectivity index (χ1) is 18.5. The minimum absolute atomic E-state index is 0.207. The molecule has 1 aliphatic rings. The van der Waals surface area contributed by atoms with Gasteiger partial charge < -0.3 is 24.1 Å². The SMILES string of the molecule is CCCc1c(OCCCOc2cc(O)c(-c3ccccc3)cc2CC)ccc2c1OC(C(=O)OCC)CC2. The molecule has 0 amide bonds. The third-order valence-electron chi connectivity index (χ3n) is 6.73. The minimum atomic E-state index is -0.570. The molecular formula is C32H38O6. The maximum Gasteiger partial charge on any atom is 0.347 e. The first kappa shape index (κ1) is 27.4. The molecule has 3 aromatic rings. The summed E-state index contributed by atoms with van der Waals surface area (Å²) in [5.74, 6) is 2.15. The Morgan fingerprint density at radius 2 is 1.76 bits per heavy atom. The van der Waals surface area contributed by atoms with Crippen LogP contribution in [0.1, 0.15) is 56.7 Å². The molecule has 0 saturated carbocycles. The second kappa shape index (κ2) is 13.2. The predicted octanol–water partition coefficient (Wildman–Crippen LogP) is 6.68. The van der Waals surface area contributed by atoms with Crippen molar-refractivity contribution in [3.63, 3.8) is 0 Å². The molecule has 0 fully saturated rings. The van der Waals surface area contributed by atoms with Crippen LogP contribution in [-0.4, -0.2) is 37.0 Å². The third kappa shape index (κ3) is 6.42. The highest BCUT2D eigenvalue weighted by atomic mass is 16.6. The number of hydrogen-bond acceptors (Lipinski definition) is 6. The van der Waals surface area contributed by atoms with Gasteiger partial charge in [-0.05, 0) is 61.4 Å². The Balaban J connectivity index is 1.38. The molecule has 1 unspecified atom stereocenters. The summed E-state index contributed by atoms with van der Waals surface area (Å²) in [6.45, 7) is 7.29. The van der Waals surface area contributed by atoms with Gasteiger partial charge in [-0.15, -0.1) is 0 Å². The predicted molar refractivity (Wildman–Crippen MR) is 148 cm³/mol. The zero-order valence-electron chi connectivity index (χ0n) is 22.6. The minimum Gasteiger partial charge on any atom is -0.507 e. The highest BCUT2D eigenvalue weighted by Gasteiger charge is 2.30. The lowest BCUT2D eigenvalue weighted by molar-refractivity contribution is -0.152. The van der Waals surface area contributed by atoms with Crippen LogP contribution >= 0.6 is 0 Å². The number of carbonyl (C=O) groups is 1. The van der Waals surface area contributed by atoms with E-state index < -0.39 is 6.10 Å². The normalized spacial score (nSPS) is 14.3. The molecule has 0 radical (unpaired) electrons. The molecule has 6 heteroatoms. The summed E-state index contributed by atoms with van der Waals surface area (Å²) in [7, 11) is 0. The number of phenols is 1. The maximum absolute atomic E-state index is 12.3. The first-order valence-electron chi connectivity index (χ1n) is 13.7. The molecule has 202 valence electrons. The van der Waals surface area contributed by atoms with E-state index in [1.807, 2.05) is 48.5 Å². The molecule has 0 aliphatic carbocycles. The molecule has 1 aliphatic heterocycles. The molecule has 1 N–H and O–H groups in total. The van der Waals surface area contributed by atoms with Crippen LogP contribution in [0.2, 0.25) is 0 Å². The summed E-state index contributed by atoms with van der Waals surface area (Å²) in [4.78, 5) is 12.3. The van der Waals surface area contributed by atoms with Crippen molar-refractivity contribution >= 4 is 5.97 Å². The van der Waals surface area contributed by atoms with Crippen molar-refractivity contribution in [3.05, 3.63) is 71.3 Å². The van der Waals surface area contributed by atoms with E-state index >= 15 is 0 Å². The van der Waals surface area contributed by atoms with Gasteiger partial charge in [0.1, 0.15) is 23.0 Å². The van der Waals surface area contributed by atoms with Crippen molar-refractivity contribution < 1.29 is 28.8 Å². The molecule has 6 nitrogen and oxygen atoms in total. The first-order valence-corrected chi connectivity index (χ1v) is 13.7. The summed E-state index contributed by atoms with van der Waals surface area (Å²) in [5, 5.41) is 10.6. The standard InChI is InChI=1S/C32H38O6/c1-4-11-25-28(16-14-24-15-17-29(38-31(24)25)32(34)35-6-3)36-18-10-19-37-30-21-27(33)26(20-22(30)5-2)23-12-8-7-9-13-23/h7-9,12-14,16,20-21,29,33H,4-6,10-11,15,17-19H2,1-3H3. The Bertz CT molecular complexity index is 1220. The quantitative estimate of drug-likeness (QED) is 0.213. The van der Waals surface area contributed by atoms with Gasteiger partial charge in [0, 0.05) is 23.6 Å². The van der Waals surface area contributed by atoms with Crippen molar-refractivity contribution in [3.8, 4) is 34.1 Å². The van der Waals surface area contributed by atoms with E-state index in [4.69, 9.17) is 18.9 Å². The number of ether oxygens (including phenoxy) is 4. The summed E-state index contributed by atoms with van der Waals surface area (Å²) in [6, 6.07) is 17.6. The Labute approximate surface area is 225 Å². The van der Waals surface area contributed by atoms with Gasteiger partial charge in [0.25, 0.3) is 0 Å². The number of hydrogen-bond donors (Lipinski definition) is 1. The molecule has 0 bridgehead atoms. The Kier molecular flexibility index (Phi) is 9.52. The van der Waals surface area contributed by atoms with Gasteiger partial charge in [-0.2, -0.15) is 0 Å². The van der Waals surface area contributed by atoms with Crippen molar-refractivity contribution in [2.45, 2.75) is 65.4 Å². The van der Waals surface area contributed by atoms with Gasteiger partial charge in [-0.3, -0.25) is 0 Å². The zero-order chi connectivity index (χ0) is 26.9. The topological polar surface area (TPSA) is 74.2 Å². The van der Waals surface area contributed by atoms with Crippen molar-refractivity contribution in [2.75, 3.05) is 19.8 Å². The molecule has 1 heterocycles. The Morgan fingerprint density at radius 3 is 2.47 bits per heavy atom. The number of phenolic OH excluding ortho intramolecular Hbond substituents is 1. The highest BCUT2D eigenvalue weighted by molar-refractivity contribution is 5.76. The molecule has 0 saturated heterocycles. The van der Waals surface area contributed by atoms with E-state index in [9.17, 15) is 9.90 Å². The van der Waals surface area contributed by atoms with Gasteiger partial charge in [0.15, 0.2) is 6.10 Å². The van der Waals surface area contributed by atoms with Crippen LogP contribution < -0.4 is 14.2 Å². The van der Waals surface area contributed by atoms with E-state index in [1.165, 1.54) is 0 Å². The molecule has 0 aromatic heterocycles. The molecule has 3 aromatic carbocycles. The lowest BCUT2D eigenvalue weighted by atomic mass is 9.96. The second-order valence-corrected chi connectivity index (χ2v) is 9.42. The molecule has 1 atom stereocenters. The van der Waals surface area contributed by atoms with E-state index in [0.717, 1.165) is 65.0 Å². The summed E-state index contributed by atoms with van der Waals surface area (Å²) < 4.78 is 23.5. The molecule has 0 spiro atoms. The fourth-order valence-corrected chi connectivity index (χ4v) is 4.81. The summed E-state index contributed by atoms with van der Waals surface area (Å²) >= 11 is 0.